The van der Waals surface area contributed by atoms with Crippen molar-refractivity contribution in [2.75, 3.05) is 4.90 Å². The van der Waals surface area contributed by atoms with Crippen LogP contribution in [0.4, 0.5) is 11.4 Å². The molecule has 63 heavy (non-hydrogen) atoms. The lowest BCUT2D eigenvalue weighted by atomic mass is 9.69. The number of rotatable bonds is 3. The minimum atomic E-state index is -0.547. The van der Waals surface area contributed by atoms with E-state index in [9.17, 15) is 0 Å². The maximum Gasteiger partial charge on any atom is 0.155 e. The Hall–Kier alpha value is -7.34. The predicted molar refractivity (Wildman–Crippen MR) is 257 cm³/mol. The molecule has 0 aliphatic heterocycles. The van der Waals surface area contributed by atoms with Gasteiger partial charge in [-0.3, -0.25) is 0 Å². The first-order chi connectivity index (χ1) is 30.8. The molecule has 0 N–H and O–H groups in total. The van der Waals surface area contributed by atoms with E-state index in [0.717, 1.165) is 41.3 Å². The van der Waals surface area contributed by atoms with E-state index in [-0.39, 0.29) is 10.8 Å². The third-order valence-corrected chi connectivity index (χ3v) is 15.6. The monoisotopic (exact) mass is 805 g/mol. The van der Waals surface area contributed by atoms with Gasteiger partial charge in [0.25, 0.3) is 0 Å². The number of hydrogen-bond acceptors (Lipinski definition) is 2. The average molecular weight is 806 g/mol. The van der Waals surface area contributed by atoms with E-state index in [1.165, 1.54) is 100.0 Å². The van der Waals surface area contributed by atoms with Crippen molar-refractivity contribution in [3.63, 3.8) is 0 Å². The second-order valence-corrected chi connectivity index (χ2v) is 19.3. The molecular formula is C61H43NO. The summed E-state index contributed by atoms with van der Waals surface area (Å²) >= 11 is 0. The molecule has 0 bridgehead atoms. The van der Waals surface area contributed by atoms with Gasteiger partial charge in [-0.2, -0.15) is 0 Å². The van der Waals surface area contributed by atoms with Crippen molar-refractivity contribution in [3.8, 4) is 44.5 Å². The first kappa shape index (κ1) is 35.3. The summed E-state index contributed by atoms with van der Waals surface area (Å²) in [5.41, 5.74) is 25.7. The van der Waals surface area contributed by atoms with Crippen LogP contribution in [-0.2, 0) is 22.7 Å². The Morgan fingerprint density at radius 2 is 1.02 bits per heavy atom. The summed E-state index contributed by atoms with van der Waals surface area (Å²) in [6.07, 6.45) is 4.22. The van der Waals surface area contributed by atoms with Gasteiger partial charge in [-0.15, -0.1) is 0 Å². The molecule has 1 aromatic heterocycles. The molecule has 5 aliphatic carbocycles. The Labute approximate surface area is 368 Å². The fourth-order valence-electron chi connectivity index (χ4n) is 12.8. The van der Waals surface area contributed by atoms with Gasteiger partial charge in [0.05, 0.1) is 11.1 Å². The number of anilines is 2. The Balaban J connectivity index is 1.02. The van der Waals surface area contributed by atoms with Crippen LogP contribution in [0.15, 0.2) is 168 Å². The van der Waals surface area contributed by atoms with E-state index in [0.29, 0.717) is 0 Å². The van der Waals surface area contributed by atoms with E-state index < -0.39 is 5.41 Å². The van der Waals surface area contributed by atoms with Crippen molar-refractivity contribution in [3.05, 3.63) is 232 Å². The molecule has 0 saturated carbocycles. The van der Waals surface area contributed by atoms with Gasteiger partial charge in [0, 0.05) is 38.7 Å². The normalized spacial score (nSPS) is 16.5. The van der Waals surface area contributed by atoms with Gasteiger partial charge < -0.3 is 9.32 Å². The van der Waals surface area contributed by atoms with E-state index in [4.69, 9.17) is 4.42 Å². The maximum absolute atomic E-state index is 7.37. The van der Waals surface area contributed by atoms with Gasteiger partial charge in [-0.1, -0.05) is 161 Å². The molecule has 1 atom stereocenters. The molecule has 8 aromatic carbocycles. The van der Waals surface area contributed by atoms with Crippen LogP contribution in [-0.4, -0.2) is 0 Å². The lowest BCUT2D eigenvalue weighted by molar-refractivity contribution is 0.588. The van der Waals surface area contributed by atoms with Crippen molar-refractivity contribution < 1.29 is 4.42 Å². The zero-order valence-electron chi connectivity index (χ0n) is 35.9. The molecule has 1 unspecified atom stereocenters. The molecule has 5 aliphatic rings. The molecule has 2 nitrogen and oxygen atoms in total. The molecular weight excluding hydrogens is 763 g/mol. The van der Waals surface area contributed by atoms with Gasteiger partial charge in [0.1, 0.15) is 5.58 Å². The standard InChI is InChI=1S/C61H43NO/c1-59(2)47-22-10-5-16-38(47)43-30-28-36(34-52(43)59)62(37-29-31-44-39-17-6-11-23-48(39)60(3,4)53(44)35-37)54-27-15-21-46-56-55(63-58(46)54)33-32-45-42-20-9-14-26-51(42)61(57(45)56)49-24-12-7-18-40(49)41-19-8-13-25-50(41)61/h5-12,14,16-20,22-24,26-35H,15,21H2,1-4H3. The minimum absolute atomic E-state index is 0.146. The van der Waals surface area contributed by atoms with Gasteiger partial charge in [-0.25, -0.2) is 0 Å². The third kappa shape index (κ3) is 4.26. The lowest BCUT2D eigenvalue weighted by Crippen LogP contribution is -2.26. The topological polar surface area (TPSA) is 16.4 Å². The summed E-state index contributed by atoms with van der Waals surface area (Å²) in [4.78, 5) is 2.51. The molecule has 0 saturated heterocycles. The largest absolute Gasteiger partial charge is 0.454 e. The summed E-state index contributed by atoms with van der Waals surface area (Å²) in [5, 5.41) is 1.24. The maximum atomic E-state index is 7.37. The van der Waals surface area contributed by atoms with Crippen LogP contribution in [0.25, 0.3) is 61.2 Å². The number of furan rings is 1. The highest BCUT2D eigenvalue weighted by molar-refractivity contribution is 6.06. The van der Waals surface area contributed by atoms with E-state index in [2.05, 4.69) is 202 Å². The highest BCUT2D eigenvalue weighted by Gasteiger charge is 2.54. The second kappa shape index (κ2) is 12.0. The molecule has 298 valence electrons. The highest BCUT2D eigenvalue weighted by Crippen LogP contribution is 2.65. The zero-order valence-corrected chi connectivity index (χ0v) is 35.9. The molecule has 2 heteroatoms. The first-order valence-corrected chi connectivity index (χ1v) is 22.5. The Bertz CT molecular complexity index is 3360. The van der Waals surface area contributed by atoms with Crippen molar-refractivity contribution >= 4 is 28.0 Å². The average Bonchev–Trinajstić information content (AvgIpc) is 4.06. The number of benzene rings is 7. The van der Waals surface area contributed by atoms with Crippen LogP contribution in [0.5, 0.6) is 0 Å². The summed E-state index contributed by atoms with van der Waals surface area (Å²) in [6.45, 7) is 9.50. The smallest absolute Gasteiger partial charge is 0.155 e. The van der Waals surface area contributed by atoms with Crippen LogP contribution in [0.1, 0.15) is 89.9 Å². The van der Waals surface area contributed by atoms with Gasteiger partial charge in [0.2, 0.25) is 0 Å². The number of nitrogens with zero attached hydrogens (tertiary/aromatic N) is 1. The second-order valence-electron chi connectivity index (χ2n) is 19.3. The van der Waals surface area contributed by atoms with Gasteiger partial charge in [0.15, 0.2) is 5.76 Å². The summed E-state index contributed by atoms with van der Waals surface area (Å²) in [7, 11) is 0. The summed E-state index contributed by atoms with van der Waals surface area (Å²) < 4.78 is 7.37. The van der Waals surface area contributed by atoms with Crippen LogP contribution >= 0.6 is 0 Å². The van der Waals surface area contributed by atoms with Crippen molar-refractivity contribution in [1.82, 2.24) is 0 Å². The third-order valence-electron chi connectivity index (χ3n) is 15.6. The molecule has 1 heterocycles. The van der Waals surface area contributed by atoms with Crippen LogP contribution in [0.2, 0.25) is 0 Å². The summed E-state index contributed by atoms with van der Waals surface area (Å²) in [5.74, 6) is 0.956. The highest BCUT2D eigenvalue weighted by atomic mass is 16.3. The number of aryl methyl sites for hydroxylation is 1. The minimum Gasteiger partial charge on any atom is -0.454 e. The van der Waals surface area contributed by atoms with E-state index in [1.54, 1.807) is 0 Å². The molecule has 14 rings (SSSR count). The molecule has 9 aromatic rings. The fourth-order valence-corrected chi connectivity index (χ4v) is 12.8. The molecule has 0 amide bonds. The SMILES string of the molecule is CC1(C)c2ccccc2-c2ccc(N(C3=CCCc4c3oc3ccc5c(c43)C3(c4c#cccc4-c4ccccc43)c3ccccc3-5)c3ccc4c(c3)C(C)(C)c3ccccc3-4)cc21. The van der Waals surface area contributed by atoms with E-state index in [1.807, 2.05) is 6.07 Å². The summed E-state index contributed by atoms with van der Waals surface area (Å²) in [6, 6.07) is 66.1. The first-order valence-electron chi connectivity index (χ1n) is 22.5. The van der Waals surface area contributed by atoms with Gasteiger partial charge >= 0.3 is 0 Å². The zero-order chi connectivity index (χ0) is 42.0. The van der Waals surface area contributed by atoms with Crippen LogP contribution in [0, 0.1) is 12.1 Å². The van der Waals surface area contributed by atoms with Crippen LogP contribution in [0.3, 0.4) is 0 Å². The van der Waals surface area contributed by atoms with Crippen molar-refractivity contribution in [2.24, 2.45) is 0 Å². The van der Waals surface area contributed by atoms with E-state index >= 15 is 0 Å². The van der Waals surface area contributed by atoms with Crippen molar-refractivity contribution in [1.29, 1.82) is 0 Å². The molecule has 0 fully saturated rings. The number of allylic oxidation sites excluding steroid dienone is 1. The number of hydrogen-bond donors (Lipinski definition) is 0. The molecule has 1 spiro atoms. The van der Waals surface area contributed by atoms with Crippen LogP contribution < -0.4 is 4.90 Å². The lowest BCUT2D eigenvalue weighted by Gasteiger charge is -2.32. The Kier molecular flexibility index (Phi) is 6.70. The Morgan fingerprint density at radius 3 is 1.62 bits per heavy atom. The number of fused-ring (bicyclic) bond motifs is 20. The molecule has 0 radical (unpaired) electrons. The fraction of sp³-hybridized carbons (Fsp3) is 0.148. The predicted octanol–water partition coefficient (Wildman–Crippen LogP) is 15.1. The quantitative estimate of drug-likeness (QED) is 0.177. The Morgan fingerprint density at radius 1 is 0.508 bits per heavy atom. The van der Waals surface area contributed by atoms with Gasteiger partial charge in [-0.05, 0) is 139 Å². The van der Waals surface area contributed by atoms with Crippen molar-refractivity contribution in [2.45, 2.75) is 56.8 Å².